The third-order valence-corrected chi connectivity index (χ3v) is 5.19. The number of rotatable bonds is 9. The summed E-state index contributed by atoms with van der Waals surface area (Å²) in [4.78, 5) is 16.9. The third kappa shape index (κ3) is 4.80. The Morgan fingerprint density at radius 3 is 2.40 bits per heavy atom. The number of nitrogens with one attached hydrogen (secondary N) is 1. The van der Waals surface area contributed by atoms with Crippen LogP contribution in [0, 0.1) is 0 Å². The van der Waals surface area contributed by atoms with Gasteiger partial charge >= 0.3 is 0 Å². The summed E-state index contributed by atoms with van der Waals surface area (Å²) >= 11 is 1.33. The van der Waals surface area contributed by atoms with Gasteiger partial charge in [-0.15, -0.1) is 0 Å². The van der Waals surface area contributed by atoms with Crippen molar-refractivity contribution in [3.8, 4) is 28.7 Å². The number of nitrogens with zero attached hydrogens (tertiary/aromatic N) is 2. The van der Waals surface area contributed by atoms with Crippen LogP contribution in [-0.4, -0.2) is 49.7 Å². The quantitative estimate of drug-likeness (QED) is 0.520. The van der Waals surface area contributed by atoms with E-state index in [4.69, 9.17) is 18.9 Å². The maximum atomic E-state index is 12.5. The van der Waals surface area contributed by atoms with Crippen molar-refractivity contribution >= 4 is 23.4 Å². The Labute approximate surface area is 179 Å². The average molecular weight is 429 g/mol. The molecule has 1 heterocycles. The average Bonchev–Trinajstić information content (AvgIpc) is 3.25. The van der Waals surface area contributed by atoms with Crippen LogP contribution in [0.5, 0.6) is 23.0 Å². The summed E-state index contributed by atoms with van der Waals surface area (Å²) in [5.41, 5.74) is 1.45. The molecule has 0 aliphatic carbocycles. The molecular weight excluding hydrogens is 406 g/mol. The Kier molecular flexibility index (Phi) is 7.08. The highest BCUT2D eigenvalue weighted by atomic mass is 32.2. The number of methoxy groups -OCH3 is 4. The van der Waals surface area contributed by atoms with Crippen LogP contribution in [0.3, 0.4) is 0 Å². The minimum atomic E-state index is -0.186. The largest absolute Gasteiger partial charge is 0.497 e. The molecule has 0 atom stereocenters. The summed E-state index contributed by atoms with van der Waals surface area (Å²) < 4.78 is 23.1. The lowest BCUT2D eigenvalue weighted by atomic mass is 10.2. The van der Waals surface area contributed by atoms with Crippen molar-refractivity contribution < 1.29 is 23.7 Å². The molecule has 30 heavy (non-hydrogen) atoms. The smallest absolute Gasteiger partial charge is 0.234 e. The molecule has 1 aromatic heterocycles. The van der Waals surface area contributed by atoms with Crippen molar-refractivity contribution in [1.29, 1.82) is 0 Å². The lowest BCUT2D eigenvalue weighted by molar-refractivity contribution is -0.113. The number of amides is 1. The molecule has 0 aliphatic heterocycles. The van der Waals surface area contributed by atoms with Gasteiger partial charge in [0, 0.05) is 36.3 Å². The first-order valence-corrected chi connectivity index (χ1v) is 9.98. The second-order valence-corrected chi connectivity index (χ2v) is 6.97. The molecule has 3 rings (SSSR count). The topological polar surface area (TPSA) is 83.8 Å². The highest BCUT2D eigenvalue weighted by Crippen LogP contribution is 2.40. The SMILES string of the molecule is COc1cccc(-n2ccnc2SCC(=O)Nc2cc(OC)c(OC)c(OC)c2)c1. The number of benzene rings is 2. The molecule has 9 heteroatoms. The van der Waals surface area contributed by atoms with Crippen molar-refractivity contribution in [2.24, 2.45) is 0 Å². The number of carbonyl (C=O) groups excluding carboxylic acids is 1. The zero-order valence-corrected chi connectivity index (χ0v) is 18.0. The molecule has 0 radical (unpaired) electrons. The van der Waals surface area contributed by atoms with Crippen LogP contribution in [0.25, 0.3) is 5.69 Å². The van der Waals surface area contributed by atoms with Gasteiger partial charge in [-0.1, -0.05) is 17.8 Å². The summed E-state index contributed by atoms with van der Waals surface area (Å²) in [6, 6.07) is 11.0. The molecule has 0 saturated carbocycles. The van der Waals surface area contributed by atoms with Crippen LogP contribution in [0.1, 0.15) is 0 Å². The van der Waals surface area contributed by atoms with Crippen LogP contribution in [0.15, 0.2) is 53.9 Å². The van der Waals surface area contributed by atoms with E-state index < -0.39 is 0 Å². The molecule has 158 valence electrons. The maximum Gasteiger partial charge on any atom is 0.234 e. The Bertz CT molecular complexity index is 996. The predicted molar refractivity (Wildman–Crippen MR) is 116 cm³/mol. The van der Waals surface area contributed by atoms with Gasteiger partial charge < -0.3 is 24.3 Å². The number of anilines is 1. The van der Waals surface area contributed by atoms with E-state index in [-0.39, 0.29) is 11.7 Å². The molecule has 1 N–H and O–H groups in total. The summed E-state index contributed by atoms with van der Waals surface area (Å²) in [5, 5.41) is 3.55. The summed E-state index contributed by atoms with van der Waals surface area (Å²) in [7, 11) is 6.20. The van der Waals surface area contributed by atoms with Crippen molar-refractivity contribution in [3.05, 3.63) is 48.8 Å². The van der Waals surface area contributed by atoms with E-state index in [1.54, 1.807) is 25.4 Å². The van der Waals surface area contributed by atoms with E-state index in [1.165, 1.54) is 33.1 Å². The van der Waals surface area contributed by atoms with E-state index in [1.807, 2.05) is 35.0 Å². The van der Waals surface area contributed by atoms with E-state index in [9.17, 15) is 4.79 Å². The summed E-state index contributed by atoms with van der Waals surface area (Å²) in [6.07, 6.45) is 3.53. The Hall–Kier alpha value is -3.33. The van der Waals surface area contributed by atoms with Gasteiger partial charge in [-0.25, -0.2) is 4.98 Å². The lowest BCUT2D eigenvalue weighted by Gasteiger charge is -2.14. The van der Waals surface area contributed by atoms with Crippen LogP contribution in [-0.2, 0) is 4.79 Å². The normalized spacial score (nSPS) is 10.4. The number of aromatic nitrogens is 2. The van der Waals surface area contributed by atoms with Crippen molar-refractivity contribution in [1.82, 2.24) is 9.55 Å². The number of thioether (sulfide) groups is 1. The Morgan fingerprint density at radius 2 is 1.77 bits per heavy atom. The van der Waals surface area contributed by atoms with Gasteiger partial charge in [0.2, 0.25) is 11.7 Å². The second kappa shape index (κ2) is 9.93. The minimum Gasteiger partial charge on any atom is -0.497 e. The Morgan fingerprint density at radius 1 is 1.03 bits per heavy atom. The third-order valence-electron chi connectivity index (χ3n) is 4.22. The molecule has 2 aromatic carbocycles. The number of hydrogen-bond acceptors (Lipinski definition) is 7. The molecule has 0 saturated heterocycles. The van der Waals surface area contributed by atoms with E-state index in [0.29, 0.717) is 28.1 Å². The fourth-order valence-corrected chi connectivity index (χ4v) is 3.61. The lowest BCUT2D eigenvalue weighted by Crippen LogP contribution is -2.15. The van der Waals surface area contributed by atoms with E-state index >= 15 is 0 Å². The zero-order valence-electron chi connectivity index (χ0n) is 17.2. The van der Waals surface area contributed by atoms with Gasteiger partial charge in [0.25, 0.3) is 0 Å². The van der Waals surface area contributed by atoms with Crippen molar-refractivity contribution in [2.45, 2.75) is 5.16 Å². The molecule has 8 nitrogen and oxygen atoms in total. The highest BCUT2D eigenvalue weighted by molar-refractivity contribution is 7.99. The van der Waals surface area contributed by atoms with Gasteiger partial charge in [-0.05, 0) is 12.1 Å². The first-order chi connectivity index (χ1) is 14.6. The van der Waals surface area contributed by atoms with Crippen molar-refractivity contribution in [3.63, 3.8) is 0 Å². The first-order valence-electron chi connectivity index (χ1n) is 9.00. The molecule has 0 fully saturated rings. The number of ether oxygens (including phenoxy) is 4. The van der Waals surface area contributed by atoms with Gasteiger partial charge in [-0.2, -0.15) is 0 Å². The molecule has 0 unspecified atom stereocenters. The van der Waals surface area contributed by atoms with Gasteiger partial charge in [0.05, 0.1) is 39.9 Å². The fourth-order valence-electron chi connectivity index (χ4n) is 2.83. The van der Waals surface area contributed by atoms with Crippen LogP contribution >= 0.6 is 11.8 Å². The van der Waals surface area contributed by atoms with E-state index in [0.717, 1.165) is 11.4 Å². The van der Waals surface area contributed by atoms with Gasteiger partial charge in [0.15, 0.2) is 16.7 Å². The fraction of sp³-hybridized carbons (Fsp3) is 0.238. The van der Waals surface area contributed by atoms with Gasteiger partial charge in [-0.3, -0.25) is 9.36 Å². The van der Waals surface area contributed by atoms with Gasteiger partial charge in [0.1, 0.15) is 5.75 Å². The molecule has 0 aliphatic rings. The highest BCUT2D eigenvalue weighted by Gasteiger charge is 2.15. The predicted octanol–water partition coefficient (Wildman–Crippen LogP) is 3.64. The number of hydrogen-bond donors (Lipinski definition) is 1. The van der Waals surface area contributed by atoms with Crippen LogP contribution in [0.4, 0.5) is 5.69 Å². The second-order valence-electron chi connectivity index (χ2n) is 6.03. The molecule has 0 spiro atoms. The summed E-state index contributed by atoms with van der Waals surface area (Å²) in [5.74, 6) is 2.14. The first kappa shape index (κ1) is 21.4. The summed E-state index contributed by atoms with van der Waals surface area (Å²) in [6.45, 7) is 0. The number of imidazole rings is 1. The van der Waals surface area contributed by atoms with E-state index in [2.05, 4.69) is 10.3 Å². The van der Waals surface area contributed by atoms with Crippen LogP contribution in [0.2, 0.25) is 0 Å². The standard InChI is InChI=1S/C21H23N3O5S/c1-26-16-7-5-6-15(12-16)24-9-8-22-21(24)30-13-19(25)23-14-10-17(27-2)20(29-4)18(11-14)28-3/h5-12H,13H2,1-4H3,(H,23,25). The molecule has 0 bridgehead atoms. The Balaban J connectivity index is 1.70. The minimum absolute atomic E-state index is 0.178. The molecule has 3 aromatic rings. The maximum absolute atomic E-state index is 12.5. The van der Waals surface area contributed by atoms with Crippen LogP contribution < -0.4 is 24.3 Å². The molecule has 1 amide bonds. The number of carbonyl (C=O) groups is 1. The zero-order chi connectivity index (χ0) is 21.5. The molecular formula is C21H23N3O5S. The monoisotopic (exact) mass is 429 g/mol. The van der Waals surface area contributed by atoms with Crippen molar-refractivity contribution in [2.75, 3.05) is 39.5 Å².